The predicted molar refractivity (Wildman–Crippen MR) is 105 cm³/mol. The Bertz CT molecular complexity index is 1030. The van der Waals surface area contributed by atoms with E-state index >= 15 is 0 Å². The smallest absolute Gasteiger partial charge is 0.177 e. The molecule has 0 unspecified atom stereocenters. The van der Waals surface area contributed by atoms with Crippen molar-refractivity contribution in [3.05, 3.63) is 51.5 Å². The summed E-state index contributed by atoms with van der Waals surface area (Å²) in [6, 6.07) is 6.08. The first-order valence-electron chi connectivity index (χ1n) is 7.98. The molecule has 3 aromatic heterocycles. The molecule has 1 N–H and O–H groups in total. The van der Waals surface area contributed by atoms with E-state index in [0.29, 0.717) is 11.3 Å². The number of pyridine rings is 1. The number of hydrogen-bond acceptors (Lipinski definition) is 4. The molecule has 25 heavy (non-hydrogen) atoms. The highest BCUT2D eigenvalue weighted by atomic mass is 32.1. The van der Waals surface area contributed by atoms with E-state index in [-0.39, 0.29) is 0 Å². The summed E-state index contributed by atoms with van der Waals surface area (Å²) in [6.45, 7) is 6.29. The Balaban J connectivity index is 2.16. The molecule has 0 saturated carbocycles. The van der Waals surface area contributed by atoms with Crippen molar-refractivity contribution < 1.29 is 4.42 Å². The summed E-state index contributed by atoms with van der Waals surface area (Å²) in [4.78, 5) is 5.90. The molecule has 0 amide bonds. The van der Waals surface area contributed by atoms with Crippen LogP contribution >= 0.6 is 11.3 Å². The standard InChI is InChI=1S/C21H18N2OS/c1-4-8-15-13-18(22-14-16-11-7-12-25-16)21-20(23-15)17(9-5-2)19(24-21)10-6-3/h6-7,10-13H,14H2,1-3H3,(H,22,23)/b10-6-. The molecule has 0 saturated heterocycles. The van der Waals surface area contributed by atoms with Gasteiger partial charge in [0.1, 0.15) is 17.0 Å². The van der Waals surface area contributed by atoms with Crippen molar-refractivity contribution in [2.24, 2.45) is 0 Å². The normalized spacial score (nSPS) is 10.4. The Morgan fingerprint density at radius 1 is 1.28 bits per heavy atom. The minimum absolute atomic E-state index is 0.704. The fourth-order valence-corrected chi connectivity index (χ4v) is 3.16. The maximum Gasteiger partial charge on any atom is 0.177 e. The van der Waals surface area contributed by atoms with Crippen LogP contribution in [0.15, 0.2) is 34.1 Å². The fraction of sp³-hybridized carbons (Fsp3) is 0.190. The lowest BCUT2D eigenvalue weighted by Crippen LogP contribution is -1.99. The summed E-state index contributed by atoms with van der Waals surface area (Å²) >= 11 is 1.72. The van der Waals surface area contributed by atoms with Gasteiger partial charge in [-0.05, 0) is 50.3 Å². The second kappa shape index (κ2) is 7.75. The minimum Gasteiger partial charge on any atom is -0.451 e. The average molecular weight is 346 g/mol. The second-order valence-corrected chi connectivity index (χ2v) is 6.29. The molecule has 0 atom stereocenters. The highest BCUT2D eigenvalue weighted by Gasteiger charge is 2.17. The van der Waals surface area contributed by atoms with Crippen LogP contribution in [0, 0.1) is 23.7 Å². The van der Waals surface area contributed by atoms with Crippen LogP contribution in [-0.4, -0.2) is 4.98 Å². The van der Waals surface area contributed by atoms with E-state index in [2.05, 4.69) is 45.4 Å². The number of allylic oxidation sites excluding steroid dienone is 1. The number of thiophene rings is 1. The largest absolute Gasteiger partial charge is 0.451 e. The maximum absolute atomic E-state index is 6.07. The number of nitrogens with zero attached hydrogens (tertiary/aromatic N) is 1. The number of aromatic nitrogens is 1. The van der Waals surface area contributed by atoms with Gasteiger partial charge in [0.05, 0.1) is 11.3 Å². The number of fused-ring (bicyclic) bond motifs is 1. The van der Waals surface area contributed by atoms with Crippen molar-refractivity contribution in [1.29, 1.82) is 0 Å². The predicted octanol–water partition coefficient (Wildman–Crippen LogP) is 5.28. The van der Waals surface area contributed by atoms with E-state index in [1.807, 2.05) is 38.1 Å². The van der Waals surface area contributed by atoms with E-state index in [1.165, 1.54) is 4.88 Å². The van der Waals surface area contributed by atoms with Crippen LogP contribution < -0.4 is 5.32 Å². The molecule has 3 rings (SSSR count). The molecule has 3 heterocycles. The van der Waals surface area contributed by atoms with Crippen LogP contribution in [-0.2, 0) is 6.54 Å². The van der Waals surface area contributed by atoms with Crippen molar-refractivity contribution in [1.82, 2.24) is 4.98 Å². The fourth-order valence-electron chi connectivity index (χ4n) is 2.52. The van der Waals surface area contributed by atoms with Gasteiger partial charge in [0.25, 0.3) is 0 Å². The molecule has 0 aliphatic rings. The van der Waals surface area contributed by atoms with E-state index in [1.54, 1.807) is 18.3 Å². The zero-order valence-corrected chi connectivity index (χ0v) is 15.3. The summed E-state index contributed by atoms with van der Waals surface area (Å²) in [6.07, 6.45) is 3.85. The zero-order chi connectivity index (χ0) is 17.6. The van der Waals surface area contributed by atoms with E-state index < -0.39 is 0 Å². The number of furan rings is 1. The Labute approximate surface area is 151 Å². The summed E-state index contributed by atoms with van der Waals surface area (Å²) in [5.74, 6) is 12.7. The molecule has 0 bridgehead atoms. The van der Waals surface area contributed by atoms with Gasteiger partial charge in [-0.25, -0.2) is 4.98 Å². The van der Waals surface area contributed by atoms with Gasteiger partial charge in [0.15, 0.2) is 5.58 Å². The van der Waals surface area contributed by atoms with Gasteiger partial charge in [-0.3, -0.25) is 0 Å². The maximum atomic E-state index is 6.07. The first-order chi connectivity index (χ1) is 12.3. The van der Waals surface area contributed by atoms with Crippen LogP contribution in [0.3, 0.4) is 0 Å². The Morgan fingerprint density at radius 2 is 2.12 bits per heavy atom. The lowest BCUT2D eigenvalue weighted by Gasteiger charge is -2.06. The molecule has 4 heteroatoms. The van der Waals surface area contributed by atoms with Crippen LogP contribution in [0.2, 0.25) is 0 Å². The van der Waals surface area contributed by atoms with Crippen LogP contribution in [0.25, 0.3) is 17.2 Å². The highest BCUT2D eigenvalue weighted by molar-refractivity contribution is 7.09. The SMILES string of the molecule is CC#Cc1cc(NCc2cccs2)c2oc(/C=C\C)c(C#CC)c2n1. The third-order valence-corrected chi connectivity index (χ3v) is 4.40. The number of nitrogens with one attached hydrogen (secondary N) is 1. The number of hydrogen-bond donors (Lipinski definition) is 1. The first kappa shape index (κ1) is 16.9. The van der Waals surface area contributed by atoms with Crippen molar-refractivity contribution in [2.45, 2.75) is 27.3 Å². The molecule has 0 aliphatic carbocycles. The summed E-state index contributed by atoms with van der Waals surface area (Å²) in [5.41, 5.74) is 3.84. The third-order valence-electron chi connectivity index (χ3n) is 3.52. The zero-order valence-electron chi connectivity index (χ0n) is 14.4. The summed E-state index contributed by atoms with van der Waals surface area (Å²) in [5, 5.41) is 5.52. The third kappa shape index (κ3) is 3.60. The van der Waals surface area contributed by atoms with Crippen molar-refractivity contribution in [3.8, 4) is 23.7 Å². The van der Waals surface area contributed by atoms with Crippen molar-refractivity contribution in [2.75, 3.05) is 5.32 Å². The number of rotatable bonds is 4. The van der Waals surface area contributed by atoms with Gasteiger partial charge in [0, 0.05) is 11.4 Å². The molecule has 124 valence electrons. The Hall–Kier alpha value is -2.95. The lowest BCUT2D eigenvalue weighted by atomic mass is 10.1. The molecule has 0 spiro atoms. The quantitative estimate of drug-likeness (QED) is 0.653. The topological polar surface area (TPSA) is 38.1 Å². The number of anilines is 1. The molecular weight excluding hydrogens is 328 g/mol. The van der Waals surface area contributed by atoms with Gasteiger partial charge in [-0.15, -0.1) is 17.3 Å². The van der Waals surface area contributed by atoms with Gasteiger partial charge in [0.2, 0.25) is 0 Å². The molecule has 0 radical (unpaired) electrons. The monoisotopic (exact) mass is 346 g/mol. The second-order valence-electron chi connectivity index (χ2n) is 5.26. The van der Waals surface area contributed by atoms with Crippen molar-refractivity contribution in [3.63, 3.8) is 0 Å². The van der Waals surface area contributed by atoms with E-state index in [9.17, 15) is 0 Å². The Morgan fingerprint density at radius 3 is 2.80 bits per heavy atom. The minimum atomic E-state index is 0.704. The molecule has 3 aromatic rings. The molecule has 0 fully saturated rings. The summed E-state index contributed by atoms with van der Waals surface area (Å²) in [7, 11) is 0. The molecule has 0 aliphatic heterocycles. The van der Waals surface area contributed by atoms with E-state index in [0.717, 1.165) is 29.1 Å². The average Bonchev–Trinajstić information content (AvgIpc) is 3.23. The van der Waals surface area contributed by atoms with Gasteiger partial charge < -0.3 is 9.73 Å². The van der Waals surface area contributed by atoms with Gasteiger partial charge >= 0.3 is 0 Å². The highest BCUT2D eigenvalue weighted by Crippen LogP contribution is 2.31. The first-order valence-corrected chi connectivity index (χ1v) is 8.86. The van der Waals surface area contributed by atoms with Crippen LogP contribution in [0.1, 0.15) is 42.7 Å². The van der Waals surface area contributed by atoms with Crippen molar-refractivity contribution >= 4 is 34.2 Å². The van der Waals surface area contributed by atoms with Crippen LogP contribution in [0.4, 0.5) is 5.69 Å². The van der Waals surface area contributed by atoms with Gasteiger partial charge in [-0.1, -0.05) is 24.0 Å². The molecule has 0 aromatic carbocycles. The van der Waals surface area contributed by atoms with Crippen LogP contribution in [0.5, 0.6) is 0 Å². The summed E-state index contributed by atoms with van der Waals surface area (Å²) < 4.78 is 6.07. The Kier molecular flexibility index (Phi) is 5.23. The molecular formula is C21H18N2OS. The molecule has 3 nitrogen and oxygen atoms in total. The van der Waals surface area contributed by atoms with E-state index in [4.69, 9.17) is 4.42 Å². The van der Waals surface area contributed by atoms with Gasteiger partial charge in [-0.2, -0.15) is 0 Å². The lowest BCUT2D eigenvalue weighted by molar-refractivity contribution is 0.603.